The third-order valence-corrected chi connectivity index (χ3v) is 5.02. The van der Waals surface area contributed by atoms with Gasteiger partial charge >= 0.3 is 64.8 Å². The van der Waals surface area contributed by atoms with Gasteiger partial charge in [0, 0.05) is 7.60 Å². The summed E-state index contributed by atoms with van der Waals surface area (Å²) in [5, 5.41) is 0. The average molecular weight is 422 g/mol. The minimum absolute atomic E-state index is 0. The summed E-state index contributed by atoms with van der Waals surface area (Å²) >= 11 is 0. The van der Waals surface area contributed by atoms with Gasteiger partial charge in [-0.25, -0.2) is 4.79 Å². The van der Waals surface area contributed by atoms with Gasteiger partial charge in [0.2, 0.25) is 0 Å². The fraction of sp³-hybridized carbons (Fsp3) is 0.947. The van der Waals surface area contributed by atoms with Crippen LogP contribution in [0.2, 0.25) is 0 Å². The maximum atomic E-state index is 10.7. The molecule has 0 heterocycles. The van der Waals surface area contributed by atoms with Crippen LogP contribution in [0.1, 0.15) is 110 Å². The zero-order valence-electron chi connectivity index (χ0n) is 18.0. The molecule has 5 nitrogen and oxygen atoms in total. The smallest absolute Gasteiger partial charge is 0.803 e. The Morgan fingerprint density at radius 1 is 0.667 bits per heavy atom. The summed E-state index contributed by atoms with van der Waals surface area (Å²) in [5.41, 5.74) is -1.63. The van der Waals surface area contributed by atoms with Gasteiger partial charge in [-0.2, -0.15) is 0 Å². The molecule has 0 aromatic carbocycles. The van der Waals surface area contributed by atoms with E-state index in [1.54, 1.807) is 0 Å². The quantitative estimate of drug-likeness (QED) is 0.166. The number of carbonyl (C=O) groups is 1. The average Bonchev–Trinajstić information content (AvgIpc) is 2.56. The van der Waals surface area contributed by atoms with Crippen molar-refractivity contribution in [3.05, 3.63) is 0 Å². The van der Waals surface area contributed by atoms with Crippen LogP contribution in [0, 0.1) is 0 Å². The molecule has 0 spiro atoms. The summed E-state index contributed by atoms with van der Waals surface area (Å²) in [6, 6.07) is 0. The molecule has 0 radical (unpaired) electrons. The summed E-state index contributed by atoms with van der Waals surface area (Å²) < 4.78 is 14.7. The molecular weight excluding hydrogens is 385 g/mol. The maximum Gasteiger partial charge on any atom is 1.00 e. The Morgan fingerprint density at radius 3 is 1.26 bits per heavy atom. The van der Waals surface area contributed by atoms with E-state index in [0.717, 1.165) is 19.3 Å². The predicted molar refractivity (Wildman–Crippen MR) is 98.5 cm³/mol. The number of unbranched alkanes of at least 4 members (excludes halogenated alkanes) is 15. The summed E-state index contributed by atoms with van der Waals surface area (Å²) in [6.07, 6.45) is 19.9. The number of ether oxygens (including phenoxy) is 1. The van der Waals surface area contributed by atoms with E-state index < -0.39 is 13.3 Å². The fourth-order valence-electron chi connectivity index (χ4n) is 2.89. The van der Waals surface area contributed by atoms with E-state index >= 15 is 0 Å². The first-order valence-electron chi connectivity index (χ1n) is 10.2. The van der Waals surface area contributed by atoms with Crippen LogP contribution < -0.4 is 68.9 Å². The van der Waals surface area contributed by atoms with Gasteiger partial charge in [0.25, 0.3) is 0 Å². The van der Waals surface area contributed by atoms with Gasteiger partial charge in [-0.15, -0.1) is 0 Å². The van der Waals surface area contributed by atoms with Crippen molar-refractivity contribution in [2.75, 3.05) is 6.61 Å². The van der Waals surface area contributed by atoms with Crippen molar-refractivity contribution in [2.45, 2.75) is 110 Å². The van der Waals surface area contributed by atoms with Crippen molar-refractivity contribution >= 4 is 13.3 Å². The Balaban J connectivity index is -0.00000288. The maximum absolute atomic E-state index is 10.7. The first-order valence-corrected chi connectivity index (χ1v) is 11.7. The second-order valence-corrected chi connectivity index (χ2v) is 8.28. The van der Waals surface area contributed by atoms with Crippen LogP contribution in [0.25, 0.3) is 0 Å². The second-order valence-electron chi connectivity index (χ2n) is 6.92. The number of rotatable bonds is 18. The van der Waals surface area contributed by atoms with Crippen LogP contribution in [0.5, 0.6) is 0 Å². The molecule has 0 saturated heterocycles. The van der Waals surface area contributed by atoms with Crippen LogP contribution in [-0.4, -0.2) is 12.3 Å². The first-order chi connectivity index (χ1) is 12.0. The standard InChI is InChI=1S/C19H39O5P.2Na/c1-2-3-4-5-6-7-8-9-10-11-12-13-14-15-16-17-18-24-19(20)25(21,22)23;;/h2-18H2,1H3,(H2,21,22,23);;/q;2*+1/p-2. The minimum atomic E-state index is -5.21. The van der Waals surface area contributed by atoms with E-state index in [2.05, 4.69) is 11.7 Å². The van der Waals surface area contributed by atoms with Gasteiger partial charge < -0.3 is 19.1 Å². The Labute approximate surface area is 210 Å². The molecule has 150 valence electrons. The van der Waals surface area contributed by atoms with Crippen molar-refractivity contribution in [3.8, 4) is 0 Å². The molecule has 0 bridgehead atoms. The number of hydrogen-bond acceptors (Lipinski definition) is 5. The zero-order chi connectivity index (χ0) is 18.8. The number of carbonyl (C=O) groups excluding carboxylic acids is 1. The Morgan fingerprint density at radius 2 is 0.963 bits per heavy atom. The predicted octanol–water partition coefficient (Wildman–Crippen LogP) is -0.694. The molecular formula is C19H37Na2O5P. The minimum Gasteiger partial charge on any atom is -0.803 e. The van der Waals surface area contributed by atoms with E-state index in [0.29, 0.717) is 6.42 Å². The SMILES string of the molecule is CCCCCCCCCCCCCCCCCCOC(=O)P(=O)([O-])[O-].[Na+].[Na+]. The molecule has 8 heteroatoms. The van der Waals surface area contributed by atoms with E-state index in [4.69, 9.17) is 0 Å². The van der Waals surface area contributed by atoms with Crippen LogP contribution >= 0.6 is 7.60 Å². The molecule has 0 atom stereocenters. The van der Waals surface area contributed by atoms with Crippen molar-refractivity contribution in [1.82, 2.24) is 0 Å². The molecule has 0 rings (SSSR count). The van der Waals surface area contributed by atoms with E-state index in [9.17, 15) is 19.1 Å². The normalized spacial score (nSPS) is 10.8. The van der Waals surface area contributed by atoms with Crippen molar-refractivity contribution in [2.24, 2.45) is 0 Å². The van der Waals surface area contributed by atoms with Crippen molar-refractivity contribution in [1.29, 1.82) is 0 Å². The first kappa shape index (κ1) is 33.3. The zero-order valence-corrected chi connectivity index (χ0v) is 22.9. The molecule has 0 amide bonds. The second kappa shape index (κ2) is 23.9. The van der Waals surface area contributed by atoms with Gasteiger partial charge in [0.05, 0.1) is 6.61 Å². The molecule has 0 saturated carbocycles. The Kier molecular flexibility index (Phi) is 29.4. The van der Waals surface area contributed by atoms with Crippen LogP contribution in [0.3, 0.4) is 0 Å². The largest absolute Gasteiger partial charge is 1.00 e. The molecule has 0 N–H and O–H groups in total. The van der Waals surface area contributed by atoms with E-state index in [-0.39, 0.29) is 65.7 Å². The molecule has 0 aliphatic carbocycles. The topological polar surface area (TPSA) is 89.5 Å². The molecule has 0 unspecified atom stereocenters. The van der Waals surface area contributed by atoms with Gasteiger partial charge in [0.1, 0.15) is 0 Å². The third kappa shape index (κ3) is 25.6. The summed E-state index contributed by atoms with van der Waals surface area (Å²) in [7, 11) is -5.21. The van der Waals surface area contributed by atoms with Gasteiger partial charge in [-0.05, 0) is 6.42 Å². The number of hydrogen-bond donors (Lipinski definition) is 0. The van der Waals surface area contributed by atoms with E-state index in [1.165, 1.54) is 77.0 Å². The van der Waals surface area contributed by atoms with Gasteiger partial charge in [0.15, 0.2) is 0 Å². The summed E-state index contributed by atoms with van der Waals surface area (Å²) in [5.74, 6) is 0. The molecule has 0 aliphatic rings. The Bertz CT molecular complexity index is 364. The van der Waals surface area contributed by atoms with E-state index in [1.807, 2.05) is 0 Å². The Hall–Kier alpha value is 1.62. The monoisotopic (exact) mass is 422 g/mol. The van der Waals surface area contributed by atoms with Crippen LogP contribution in [0.15, 0.2) is 0 Å². The van der Waals surface area contributed by atoms with Crippen molar-refractivity contribution < 1.29 is 83.0 Å². The molecule has 27 heavy (non-hydrogen) atoms. The summed E-state index contributed by atoms with van der Waals surface area (Å²) in [4.78, 5) is 31.4. The fourth-order valence-corrected chi connectivity index (χ4v) is 3.14. The molecule has 0 aliphatic heterocycles. The molecule has 0 fully saturated rings. The van der Waals surface area contributed by atoms with Gasteiger partial charge in [-0.3, -0.25) is 0 Å². The summed E-state index contributed by atoms with van der Waals surface area (Å²) in [6.45, 7) is 2.27. The third-order valence-electron chi connectivity index (χ3n) is 4.45. The van der Waals surface area contributed by atoms with Crippen LogP contribution in [0.4, 0.5) is 4.79 Å². The molecule has 0 aromatic rings. The van der Waals surface area contributed by atoms with Gasteiger partial charge in [-0.1, -0.05) is 103 Å². The van der Waals surface area contributed by atoms with Crippen LogP contribution in [-0.2, 0) is 9.30 Å². The molecule has 0 aromatic heterocycles. The van der Waals surface area contributed by atoms with Crippen molar-refractivity contribution in [3.63, 3.8) is 0 Å².